The van der Waals surface area contributed by atoms with Crippen LogP contribution in [0.4, 0.5) is 0 Å². The summed E-state index contributed by atoms with van der Waals surface area (Å²) in [5.74, 6) is 0.459. The highest BCUT2D eigenvalue weighted by Gasteiger charge is 2.26. The third-order valence-electron chi connectivity index (χ3n) is 3.22. The average molecular weight is 260 g/mol. The van der Waals surface area contributed by atoms with Gasteiger partial charge in [0, 0.05) is 18.0 Å². The molecule has 0 aliphatic heterocycles. The van der Waals surface area contributed by atoms with E-state index in [9.17, 15) is 5.11 Å². The second kappa shape index (κ2) is 5.50. The Morgan fingerprint density at radius 1 is 1.50 bits per heavy atom. The standard InChI is InChI=1S/C12H18ClNOS/c1-14(7-9-3-2-4-11(9)15)8-10-5-6-12(13)16-10/h5-6,9,11,15H,2-4,7-8H2,1H3. The first-order chi connectivity index (χ1) is 7.65. The van der Waals surface area contributed by atoms with Gasteiger partial charge in [-0.3, -0.25) is 0 Å². The maximum Gasteiger partial charge on any atom is 0.0931 e. The Labute approximate surface area is 106 Å². The lowest BCUT2D eigenvalue weighted by Gasteiger charge is -2.22. The molecule has 0 bridgehead atoms. The Balaban J connectivity index is 1.82. The molecule has 2 nitrogen and oxygen atoms in total. The van der Waals surface area contributed by atoms with E-state index in [4.69, 9.17) is 11.6 Å². The van der Waals surface area contributed by atoms with Crippen molar-refractivity contribution >= 4 is 22.9 Å². The van der Waals surface area contributed by atoms with Gasteiger partial charge < -0.3 is 10.0 Å². The molecule has 1 aliphatic carbocycles. The van der Waals surface area contributed by atoms with Gasteiger partial charge >= 0.3 is 0 Å². The van der Waals surface area contributed by atoms with Crippen molar-refractivity contribution in [2.75, 3.05) is 13.6 Å². The van der Waals surface area contributed by atoms with Crippen LogP contribution in [0.25, 0.3) is 0 Å². The molecule has 1 N–H and O–H groups in total. The smallest absolute Gasteiger partial charge is 0.0931 e. The number of aliphatic hydroxyl groups excluding tert-OH is 1. The van der Waals surface area contributed by atoms with Gasteiger partial charge in [-0.05, 0) is 37.9 Å². The summed E-state index contributed by atoms with van der Waals surface area (Å²) in [5.41, 5.74) is 0. The van der Waals surface area contributed by atoms with Gasteiger partial charge in [0.25, 0.3) is 0 Å². The minimum Gasteiger partial charge on any atom is -0.393 e. The van der Waals surface area contributed by atoms with Crippen LogP contribution in [0, 0.1) is 5.92 Å². The number of rotatable bonds is 4. The number of nitrogens with zero attached hydrogens (tertiary/aromatic N) is 1. The van der Waals surface area contributed by atoms with Gasteiger partial charge in [-0.25, -0.2) is 0 Å². The summed E-state index contributed by atoms with van der Waals surface area (Å²) in [6, 6.07) is 4.02. The molecule has 1 aromatic rings. The van der Waals surface area contributed by atoms with Crippen molar-refractivity contribution in [2.24, 2.45) is 5.92 Å². The van der Waals surface area contributed by atoms with Crippen LogP contribution < -0.4 is 0 Å². The number of halogens is 1. The largest absolute Gasteiger partial charge is 0.393 e. The summed E-state index contributed by atoms with van der Waals surface area (Å²) in [6.07, 6.45) is 3.22. The minimum atomic E-state index is -0.0885. The van der Waals surface area contributed by atoms with Crippen molar-refractivity contribution in [2.45, 2.75) is 31.9 Å². The molecule has 0 saturated heterocycles. The zero-order chi connectivity index (χ0) is 11.5. The molecule has 0 spiro atoms. The summed E-state index contributed by atoms with van der Waals surface area (Å²) in [7, 11) is 2.11. The topological polar surface area (TPSA) is 23.5 Å². The van der Waals surface area contributed by atoms with Crippen molar-refractivity contribution in [3.63, 3.8) is 0 Å². The number of thiophene rings is 1. The lowest BCUT2D eigenvalue weighted by molar-refractivity contribution is 0.108. The SMILES string of the molecule is CN(Cc1ccc(Cl)s1)CC1CCCC1O. The number of aliphatic hydroxyl groups is 1. The fourth-order valence-corrected chi connectivity index (χ4v) is 3.57. The first-order valence-corrected chi connectivity index (χ1v) is 6.95. The highest BCUT2D eigenvalue weighted by atomic mass is 35.5. The van der Waals surface area contributed by atoms with Crippen molar-refractivity contribution in [1.82, 2.24) is 4.90 Å². The third kappa shape index (κ3) is 3.20. The molecule has 0 aromatic carbocycles. The van der Waals surface area contributed by atoms with E-state index in [1.54, 1.807) is 11.3 Å². The summed E-state index contributed by atoms with van der Waals surface area (Å²) in [4.78, 5) is 3.57. The van der Waals surface area contributed by atoms with Gasteiger partial charge in [0.2, 0.25) is 0 Å². The molecule has 1 fully saturated rings. The first-order valence-electron chi connectivity index (χ1n) is 5.76. The quantitative estimate of drug-likeness (QED) is 0.899. The van der Waals surface area contributed by atoms with Gasteiger partial charge in [-0.2, -0.15) is 0 Å². The van der Waals surface area contributed by atoms with Crippen LogP contribution in [-0.4, -0.2) is 29.7 Å². The Morgan fingerprint density at radius 2 is 2.31 bits per heavy atom. The molecule has 1 aromatic heterocycles. The molecule has 0 radical (unpaired) electrons. The summed E-state index contributed by atoms with van der Waals surface area (Å²) in [6.45, 7) is 1.91. The third-order valence-corrected chi connectivity index (χ3v) is 4.44. The van der Waals surface area contributed by atoms with Crippen molar-refractivity contribution < 1.29 is 5.11 Å². The van der Waals surface area contributed by atoms with Gasteiger partial charge in [0.1, 0.15) is 0 Å². The fraction of sp³-hybridized carbons (Fsp3) is 0.667. The van der Waals surface area contributed by atoms with Crippen molar-refractivity contribution in [3.05, 3.63) is 21.3 Å². The summed E-state index contributed by atoms with van der Waals surface area (Å²) < 4.78 is 0.851. The Hall–Kier alpha value is -0.0900. The highest BCUT2D eigenvalue weighted by Crippen LogP contribution is 2.27. The van der Waals surface area contributed by atoms with E-state index in [0.717, 1.165) is 30.3 Å². The van der Waals surface area contributed by atoms with Gasteiger partial charge in [-0.1, -0.05) is 18.0 Å². The predicted molar refractivity (Wildman–Crippen MR) is 69.0 cm³/mol. The van der Waals surface area contributed by atoms with Crippen LogP contribution in [0.3, 0.4) is 0 Å². The van der Waals surface area contributed by atoms with E-state index >= 15 is 0 Å². The monoisotopic (exact) mass is 259 g/mol. The maximum absolute atomic E-state index is 9.76. The molecule has 1 aliphatic rings. The van der Waals surface area contributed by atoms with E-state index in [0.29, 0.717) is 5.92 Å². The zero-order valence-corrected chi connectivity index (χ0v) is 11.1. The van der Waals surface area contributed by atoms with Crippen LogP contribution in [0.15, 0.2) is 12.1 Å². The molecular weight excluding hydrogens is 242 g/mol. The Morgan fingerprint density at radius 3 is 2.88 bits per heavy atom. The maximum atomic E-state index is 9.76. The number of hydrogen-bond acceptors (Lipinski definition) is 3. The summed E-state index contributed by atoms with van der Waals surface area (Å²) >= 11 is 7.53. The lowest BCUT2D eigenvalue weighted by atomic mass is 10.1. The molecule has 4 heteroatoms. The Kier molecular flexibility index (Phi) is 4.25. The van der Waals surface area contributed by atoms with Crippen LogP contribution >= 0.6 is 22.9 Å². The Bertz CT molecular complexity index is 342. The average Bonchev–Trinajstić information content (AvgIpc) is 2.77. The van der Waals surface area contributed by atoms with Crippen LogP contribution in [0.2, 0.25) is 4.34 Å². The van der Waals surface area contributed by atoms with E-state index < -0.39 is 0 Å². The van der Waals surface area contributed by atoms with Crippen molar-refractivity contribution in [1.29, 1.82) is 0 Å². The van der Waals surface area contributed by atoms with Gasteiger partial charge in [0.05, 0.1) is 10.4 Å². The van der Waals surface area contributed by atoms with Crippen LogP contribution in [-0.2, 0) is 6.54 Å². The molecule has 1 saturated carbocycles. The van der Waals surface area contributed by atoms with Crippen LogP contribution in [0.1, 0.15) is 24.1 Å². The van der Waals surface area contributed by atoms with E-state index in [1.165, 1.54) is 11.3 Å². The molecule has 16 heavy (non-hydrogen) atoms. The molecule has 2 atom stereocenters. The first kappa shape index (κ1) is 12.4. The molecule has 2 unspecified atom stereocenters. The second-order valence-corrected chi connectivity index (χ2v) is 6.46. The molecule has 0 amide bonds. The number of hydrogen-bond donors (Lipinski definition) is 1. The molecule has 2 rings (SSSR count). The van der Waals surface area contributed by atoms with Crippen LogP contribution in [0.5, 0.6) is 0 Å². The molecule has 90 valence electrons. The second-order valence-electron chi connectivity index (χ2n) is 4.66. The molecule has 1 heterocycles. The molecular formula is C12H18ClNOS. The van der Waals surface area contributed by atoms with E-state index in [1.807, 2.05) is 6.07 Å². The summed E-state index contributed by atoms with van der Waals surface area (Å²) in [5, 5.41) is 9.76. The zero-order valence-electron chi connectivity index (χ0n) is 9.53. The van der Waals surface area contributed by atoms with Gasteiger partial charge in [-0.15, -0.1) is 11.3 Å². The minimum absolute atomic E-state index is 0.0885. The van der Waals surface area contributed by atoms with Crippen molar-refractivity contribution in [3.8, 4) is 0 Å². The van der Waals surface area contributed by atoms with E-state index in [2.05, 4.69) is 18.0 Å². The fourth-order valence-electron chi connectivity index (χ4n) is 2.40. The predicted octanol–water partition coefficient (Wildman–Crippen LogP) is 2.99. The van der Waals surface area contributed by atoms with Gasteiger partial charge in [0.15, 0.2) is 0 Å². The normalized spacial score (nSPS) is 25.5. The lowest BCUT2D eigenvalue weighted by Crippen LogP contribution is -2.29. The highest BCUT2D eigenvalue weighted by molar-refractivity contribution is 7.16. The van der Waals surface area contributed by atoms with E-state index in [-0.39, 0.29) is 6.10 Å².